The summed E-state index contributed by atoms with van der Waals surface area (Å²) in [6, 6.07) is 13.0. The number of hydrogen-bond donors (Lipinski definition) is 1. The number of nitrogens with one attached hydrogen (secondary N) is 1. The Morgan fingerprint density at radius 1 is 1.11 bits per heavy atom. The van der Waals surface area contributed by atoms with Gasteiger partial charge in [-0.3, -0.25) is 9.59 Å². The molecule has 2 aromatic heterocycles. The van der Waals surface area contributed by atoms with Crippen LogP contribution in [0.2, 0.25) is 0 Å². The maximum absolute atomic E-state index is 12.0. The summed E-state index contributed by atoms with van der Waals surface area (Å²) in [5.74, 6) is 0.157. The summed E-state index contributed by atoms with van der Waals surface area (Å²) in [5, 5.41) is 4.85. The third-order valence-corrected chi connectivity index (χ3v) is 4.80. The predicted molar refractivity (Wildman–Crippen MR) is 110 cm³/mol. The van der Waals surface area contributed by atoms with Gasteiger partial charge >= 0.3 is 0 Å². The van der Waals surface area contributed by atoms with Gasteiger partial charge in [0.05, 0.1) is 7.11 Å². The van der Waals surface area contributed by atoms with Gasteiger partial charge in [0.2, 0.25) is 0 Å². The summed E-state index contributed by atoms with van der Waals surface area (Å²) in [4.78, 5) is 32.4. The number of aromatic nitrogens is 2. The first-order valence-corrected chi connectivity index (χ1v) is 9.68. The Balaban J connectivity index is 0.000000336. The third kappa shape index (κ3) is 6.59. The number of benzene rings is 1. The van der Waals surface area contributed by atoms with E-state index < -0.39 is 0 Å². The Bertz CT molecular complexity index is 911. The number of thiophene rings is 1. The molecule has 0 saturated heterocycles. The standard InChI is InChI=1S/C15H15N3O3.C6H8S/c1-10(19)13-7-14(18-9-17-13)15(20)16-8-11-4-3-5-12(6-11)21-2;1-2-6-4-3-5-7-6/h3-7,9H,8H2,1-2H3,(H,16,20);3-5H,2H2,1H3. The molecule has 0 aliphatic rings. The predicted octanol–water partition coefficient (Wildman–Crippen LogP) is 3.93. The van der Waals surface area contributed by atoms with Crippen molar-refractivity contribution in [3.8, 4) is 5.75 Å². The van der Waals surface area contributed by atoms with E-state index in [2.05, 4.69) is 39.7 Å². The van der Waals surface area contributed by atoms with Gasteiger partial charge in [0, 0.05) is 18.3 Å². The monoisotopic (exact) mass is 397 g/mol. The number of carbonyl (C=O) groups excluding carboxylic acids is 2. The molecule has 0 aliphatic heterocycles. The van der Waals surface area contributed by atoms with Crippen LogP contribution in [0.5, 0.6) is 5.75 Å². The number of ether oxygens (including phenoxy) is 1. The van der Waals surface area contributed by atoms with Crippen molar-refractivity contribution in [3.05, 3.63) is 76.0 Å². The van der Waals surface area contributed by atoms with Crippen LogP contribution in [0.4, 0.5) is 0 Å². The molecule has 0 fully saturated rings. The Kier molecular flexibility index (Phi) is 8.30. The zero-order valence-electron chi connectivity index (χ0n) is 16.1. The molecule has 0 saturated carbocycles. The van der Waals surface area contributed by atoms with Gasteiger partial charge in [-0.05, 0) is 41.6 Å². The average molecular weight is 398 g/mol. The number of ketones is 1. The van der Waals surface area contributed by atoms with Gasteiger partial charge in [-0.2, -0.15) is 0 Å². The van der Waals surface area contributed by atoms with Crippen molar-refractivity contribution in [1.82, 2.24) is 15.3 Å². The minimum atomic E-state index is -0.359. The highest BCUT2D eigenvalue weighted by Crippen LogP contribution is 2.12. The minimum absolute atomic E-state index is 0.165. The highest BCUT2D eigenvalue weighted by Gasteiger charge is 2.10. The summed E-state index contributed by atoms with van der Waals surface area (Å²) in [6.07, 6.45) is 2.38. The molecule has 0 radical (unpaired) electrons. The molecule has 3 rings (SSSR count). The van der Waals surface area contributed by atoms with Crippen molar-refractivity contribution in [2.45, 2.75) is 26.8 Å². The molecule has 1 amide bonds. The zero-order valence-corrected chi connectivity index (χ0v) is 17.0. The van der Waals surface area contributed by atoms with Crippen molar-refractivity contribution >= 4 is 23.0 Å². The fraction of sp³-hybridized carbons (Fsp3) is 0.238. The molecule has 7 heteroatoms. The molecule has 0 atom stereocenters. The summed E-state index contributed by atoms with van der Waals surface area (Å²) in [7, 11) is 1.59. The van der Waals surface area contributed by atoms with Crippen LogP contribution in [0.1, 0.15) is 45.3 Å². The van der Waals surface area contributed by atoms with Crippen molar-refractivity contribution in [1.29, 1.82) is 0 Å². The van der Waals surface area contributed by atoms with Gasteiger partial charge < -0.3 is 10.1 Å². The van der Waals surface area contributed by atoms with Crippen molar-refractivity contribution in [3.63, 3.8) is 0 Å². The van der Waals surface area contributed by atoms with Gasteiger partial charge in [0.15, 0.2) is 5.78 Å². The normalized spacial score (nSPS) is 9.82. The first-order chi connectivity index (χ1) is 13.5. The fourth-order valence-electron chi connectivity index (χ4n) is 2.24. The molecule has 0 aliphatic carbocycles. The smallest absolute Gasteiger partial charge is 0.270 e. The Hall–Kier alpha value is -3.06. The lowest BCUT2D eigenvalue weighted by Gasteiger charge is -2.07. The van der Waals surface area contributed by atoms with E-state index in [9.17, 15) is 9.59 Å². The van der Waals surface area contributed by atoms with Crippen LogP contribution >= 0.6 is 11.3 Å². The highest BCUT2D eigenvalue weighted by atomic mass is 32.1. The van der Waals surface area contributed by atoms with Crippen molar-refractivity contribution in [2.24, 2.45) is 0 Å². The molecule has 2 heterocycles. The topological polar surface area (TPSA) is 81.2 Å². The van der Waals surface area contributed by atoms with Crippen LogP contribution in [0.25, 0.3) is 0 Å². The lowest BCUT2D eigenvalue weighted by molar-refractivity contribution is 0.0945. The quantitative estimate of drug-likeness (QED) is 0.638. The van der Waals surface area contributed by atoms with Crippen molar-refractivity contribution in [2.75, 3.05) is 7.11 Å². The fourth-order valence-corrected chi connectivity index (χ4v) is 2.90. The summed E-state index contributed by atoms with van der Waals surface area (Å²) in [6.45, 7) is 3.90. The van der Waals surface area contributed by atoms with Crippen LogP contribution in [-0.4, -0.2) is 28.8 Å². The number of rotatable bonds is 6. The van der Waals surface area contributed by atoms with Crippen LogP contribution in [0.3, 0.4) is 0 Å². The van der Waals surface area contributed by atoms with Gasteiger partial charge in [0.25, 0.3) is 5.91 Å². The Labute approximate surface area is 168 Å². The third-order valence-electron chi connectivity index (χ3n) is 3.78. The molecule has 0 spiro atoms. The molecular formula is C21H23N3O3S. The van der Waals surface area contributed by atoms with E-state index in [1.807, 2.05) is 35.6 Å². The molecule has 0 unspecified atom stereocenters. The average Bonchev–Trinajstić information content (AvgIpc) is 3.26. The summed E-state index contributed by atoms with van der Waals surface area (Å²) >= 11 is 1.82. The van der Waals surface area contributed by atoms with Crippen molar-refractivity contribution < 1.29 is 14.3 Å². The van der Waals surface area contributed by atoms with E-state index in [0.717, 1.165) is 11.3 Å². The van der Waals surface area contributed by atoms with E-state index in [-0.39, 0.29) is 23.1 Å². The second-order valence-electron chi connectivity index (χ2n) is 5.81. The summed E-state index contributed by atoms with van der Waals surface area (Å²) in [5.41, 5.74) is 1.29. The maximum Gasteiger partial charge on any atom is 0.270 e. The van der Waals surface area contributed by atoms with E-state index >= 15 is 0 Å². The second kappa shape index (κ2) is 10.9. The molecule has 1 N–H and O–H groups in total. The van der Waals surface area contributed by atoms with Crippen LogP contribution in [0, 0.1) is 0 Å². The van der Waals surface area contributed by atoms with Gasteiger partial charge in [-0.15, -0.1) is 11.3 Å². The van der Waals surface area contributed by atoms with E-state index in [0.29, 0.717) is 6.54 Å². The lowest BCUT2D eigenvalue weighted by atomic mass is 10.2. The van der Waals surface area contributed by atoms with E-state index in [1.165, 1.54) is 30.6 Å². The molecule has 146 valence electrons. The number of nitrogens with zero attached hydrogens (tertiary/aromatic N) is 2. The van der Waals surface area contributed by atoms with Crippen LogP contribution < -0.4 is 10.1 Å². The van der Waals surface area contributed by atoms with Gasteiger partial charge in [-0.25, -0.2) is 9.97 Å². The molecule has 6 nitrogen and oxygen atoms in total. The van der Waals surface area contributed by atoms with Crippen LogP contribution in [0.15, 0.2) is 54.2 Å². The Morgan fingerprint density at radius 2 is 1.89 bits per heavy atom. The highest BCUT2D eigenvalue weighted by molar-refractivity contribution is 7.09. The van der Waals surface area contributed by atoms with Crippen LogP contribution in [-0.2, 0) is 13.0 Å². The molecule has 0 bridgehead atoms. The molecule has 28 heavy (non-hydrogen) atoms. The Morgan fingerprint density at radius 3 is 2.50 bits per heavy atom. The SMILES string of the molecule is CCc1cccs1.COc1cccc(CNC(=O)c2cc(C(C)=O)ncn2)c1. The molecule has 3 aromatic rings. The largest absolute Gasteiger partial charge is 0.497 e. The zero-order chi connectivity index (χ0) is 20.4. The number of aryl methyl sites for hydroxylation is 1. The minimum Gasteiger partial charge on any atom is -0.497 e. The van der Waals surface area contributed by atoms with E-state index in [4.69, 9.17) is 4.74 Å². The van der Waals surface area contributed by atoms with E-state index in [1.54, 1.807) is 7.11 Å². The molecular weight excluding hydrogens is 374 g/mol. The number of amides is 1. The maximum atomic E-state index is 12.0. The van der Waals surface area contributed by atoms with Gasteiger partial charge in [-0.1, -0.05) is 25.1 Å². The molecule has 1 aromatic carbocycles. The number of Topliss-reactive ketones (excluding diaryl/α,β-unsaturated/α-hetero) is 1. The number of carbonyl (C=O) groups is 2. The number of methoxy groups -OCH3 is 1. The number of hydrogen-bond acceptors (Lipinski definition) is 6. The first kappa shape index (κ1) is 21.2. The lowest BCUT2D eigenvalue weighted by Crippen LogP contribution is -2.24. The summed E-state index contributed by atoms with van der Waals surface area (Å²) < 4.78 is 5.12. The van der Waals surface area contributed by atoms with Gasteiger partial charge in [0.1, 0.15) is 23.5 Å². The second-order valence-corrected chi connectivity index (χ2v) is 6.84. The first-order valence-electron chi connectivity index (χ1n) is 8.80.